The third kappa shape index (κ3) is 9.94. The van der Waals surface area contributed by atoms with Crippen molar-refractivity contribution in [3.05, 3.63) is 71.8 Å². The minimum absolute atomic E-state index is 0.124. The van der Waals surface area contributed by atoms with E-state index in [2.05, 4.69) is 10.6 Å². The van der Waals surface area contributed by atoms with Crippen LogP contribution in [0, 0.1) is 11.8 Å². The molecule has 0 aliphatic heterocycles. The molecule has 1 saturated carbocycles. The first-order valence-electron chi connectivity index (χ1n) is 13.5. The van der Waals surface area contributed by atoms with Crippen LogP contribution in [0.15, 0.2) is 60.7 Å². The van der Waals surface area contributed by atoms with Crippen LogP contribution in [0.2, 0.25) is 0 Å². The van der Waals surface area contributed by atoms with Gasteiger partial charge < -0.3 is 20.5 Å². The number of benzene rings is 2. The van der Waals surface area contributed by atoms with E-state index < -0.39 is 34.2 Å². The lowest BCUT2D eigenvalue weighted by Crippen LogP contribution is -2.57. The SMILES string of the molecule is CC(C)CCN(CC(O)C(Cc1ccccc1)NC(=O)C1CCC1NC(=O)OCc1ccccc1)S(C)(=O)=O. The maximum atomic E-state index is 13.3. The molecule has 214 valence electrons. The minimum atomic E-state index is -3.55. The summed E-state index contributed by atoms with van der Waals surface area (Å²) in [6, 6.07) is 17.7. The lowest BCUT2D eigenvalue weighted by atomic mass is 9.78. The number of nitrogens with one attached hydrogen (secondary N) is 2. The Balaban J connectivity index is 1.63. The van der Waals surface area contributed by atoms with Gasteiger partial charge in [-0.3, -0.25) is 4.79 Å². The molecule has 1 aliphatic carbocycles. The first-order chi connectivity index (χ1) is 18.5. The van der Waals surface area contributed by atoms with Crippen LogP contribution in [0.25, 0.3) is 0 Å². The fourth-order valence-electron chi connectivity index (χ4n) is 4.47. The summed E-state index contributed by atoms with van der Waals surface area (Å²) in [6.45, 7) is 4.32. The smallest absolute Gasteiger partial charge is 0.407 e. The quantitative estimate of drug-likeness (QED) is 0.327. The summed E-state index contributed by atoms with van der Waals surface area (Å²) < 4.78 is 31.4. The van der Waals surface area contributed by atoms with Gasteiger partial charge in [-0.2, -0.15) is 4.31 Å². The highest BCUT2D eigenvalue weighted by Crippen LogP contribution is 2.28. The van der Waals surface area contributed by atoms with Gasteiger partial charge in [0.2, 0.25) is 15.9 Å². The van der Waals surface area contributed by atoms with Gasteiger partial charge in [0.15, 0.2) is 0 Å². The predicted octanol–water partition coefficient (Wildman–Crippen LogP) is 3.09. The highest BCUT2D eigenvalue weighted by molar-refractivity contribution is 7.88. The van der Waals surface area contributed by atoms with Gasteiger partial charge in [0.25, 0.3) is 0 Å². The van der Waals surface area contributed by atoms with Crippen molar-refractivity contribution < 1.29 is 27.9 Å². The molecule has 1 aliphatic rings. The molecule has 0 aromatic heterocycles. The number of ether oxygens (including phenoxy) is 1. The van der Waals surface area contributed by atoms with Gasteiger partial charge in [-0.1, -0.05) is 74.5 Å². The zero-order chi connectivity index (χ0) is 28.4. The van der Waals surface area contributed by atoms with Gasteiger partial charge in [0.1, 0.15) is 6.61 Å². The Kier molecular flexibility index (Phi) is 11.3. The minimum Gasteiger partial charge on any atom is -0.445 e. The first kappa shape index (κ1) is 30.6. The zero-order valence-electron chi connectivity index (χ0n) is 23.0. The maximum Gasteiger partial charge on any atom is 0.407 e. The zero-order valence-corrected chi connectivity index (χ0v) is 23.8. The second-order valence-electron chi connectivity index (χ2n) is 10.7. The molecule has 10 heteroatoms. The number of alkyl carbamates (subject to hydrolysis) is 1. The van der Waals surface area contributed by atoms with E-state index in [9.17, 15) is 23.1 Å². The lowest BCUT2D eigenvalue weighted by molar-refractivity contribution is -0.130. The van der Waals surface area contributed by atoms with Crippen LogP contribution in [-0.2, 0) is 32.6 Å². The molecule has 0 heterocycles. The number of rotatable bonds is 14. The average molecular weight is 560 g/mol. The fourth-order valence-corrected chi connectivity index (χ4v) is 5.33. The van der Waals surface area contributed by atoms with Gasteiger partial charge >= 0.3 is 6.09 Å². The van der Waals surface area contributed by atoms with Crippen molar-refractivity contribution in [2.24, 2.45) is 11.8 Å². The summed E-state index contributed by atoms with van der Waals surface area (Å²) in [5, 5.41) is 16.9. The van der Waals surface area contributed by atoms with E-state index >= 15 is 0 Å². The van der Waals surface area contributed by atoms with Crippen molar-refractivity contribution in [2.75, 3.05) is 19.3 Å². The lowest BCUT2D eigenvalue weighted by Gasteiger charge is -2.37. The molecule has 4 atom stereocenters. The van der Waals surface area contributed by atoms with Crippen LogP contribution < -0.4 is 10.6 Å². The molecular weight excluding hydrogens is 518 g/mol. The monoisotopic (exact) mass is 559 g/mol. The number of carbonyl (C=O) groups excluding carboxylic acids is 2. The Morgan fingerprint density at radius 3 is 2.18 bits per heavy atom. The molecule has 2 amide bonds. The standard InChI is InChI=1S/C29H41N3O6S/c1-21(2)16-17-32(39(3,36)37)19-27(33)26(18-22-10-6-4-7-11-22)30-28(34)24-14-15-25(24)31-29(35)38-20-23-12-8-5-9-13-23/h4-13,21,24-27,33H,14-20H2,1-3H3,(H,30,34)(H,31,35). The molecule has 3 rings (SSSR count). The number of hydrogen-bond donors (Lipinski definition) is 3. The topological polar surface area (TPSA) is 125 Å². The molecule has 2 aromatic rings. The van der Waals surface area contributed by atoms with E-state index in [0.717, 1.165) is 17.4 Å². The van der Waals surface area contributed by atoms with Gasteiger partial charge in [-0.15, -0.1) is 0 Å². The van der Waals surface area contributed by atoms with Crippen LogP contribution in [0.5, 0.6) is 0 Å². The van der Waals surface area contributed by atoms with Crippen LogP contribution in [0.1, 0.15) is 44.2 Å². The second kappa shape index (κ2) is 14.4. The summed E-state index contributed by atoms with van der Waals surface area (Å²) in [5.74, 6) is -0.456. The third-order valence-electron chi connectivity index (χ3n) is 7.03. The molecule has 3 N–H and O–H groups in total. The molecule has 39 heavy (non-hydrogen) atoms. The summed E-state index contributed by atoms with van der Waals surface area (Å²) in [5.41, 5.74) is 1.77. The normalized spacial score (nSPS) is 18.7. The molecule has 9 nitrogen and oxygen atoms in total. The van der Waals surface area contributed by atoms with E-state index in [4.69, 9.17) is 4.74 Å². The largest absolute Gasteiger partial charge is 0.445 e. The highest BCUT2D eigenvalue weighted by Gasteiger charge is 2.39. The average Bonchev–Trinajstić information content (AvgIpc) is 2.87. The van der Waals surface area contributed by atoms with E-state index in [-0.39, 0.29) is 25.1 Å². The highest BCUT2D eigenvalue weighted by atomic mass is 32.2. The second-order valence-corrected chi connectivity index (χ2v) is 12.7. The number of carbonyl (C=O) groups is 2. The van der Waals surface area contributed by atoms with Gasteiger partial charge in [0, 0.05) is 19.1 Å². The molecule has 0 spiro atoms. The number of nitrogens with zero attached hydrogens (tertiary/aromatic N) is 1. The van der Waals surface area contributed by atoms with Crippen molar-refractivity contribution >= 4 is 22.0 Å². The molecule has 0 saturated heterocycles. The number of sulfonamides is 1. The van der Waals surface area contributed by atoms with Crippen molar-refractivity contribution in [2.45, 2.75) is 64.3 Å². The van der Waals surface area contributed by atoms with Gasteiger partial charge in [0.05, 0.1) is 24.3 Å². The Morgan fingerprint density at radius 2 is 1.64 bits per heavy atom. The van der Waals surface area contributed by atoms with Crippen molar-refractivity contribution in [1.29, 1.82) is 0 Å². The van der Waals surface area contributed by atoms with E-state index in [0.29, 0.717) is 38.1 Å². The predicted molar refractivity (Wildman–Crippen MR) is 150 cm³/mol. The Morgan fingerprint density at radius 1 is 1.03 bits per heavy atom. The first-order valence-corrected chi connectivity index (χ1v) is 15.3. The summed E-state index contributed by atoms with van der Waals surface area (Å²) in [4.78, 5) is 25.6. The number of aliphatic hydroxyl groups is 1. The summed E-state index contributed by atoms with van der Waals surface area (Å²) >= 11 is 0. The van der Waals surface area contributed by atoms with Gasteiger partial charge in [-0.25, -0.2) is 13.2 Å². The Bertz CT molecular complexity index is 1160. The Labute approximate surface area is 232 Å². The Hall–Kier alpha value is -2.95. The van der Waals surface area contributed by atoms with Crippen molar-refractivity contribution in [3.63, 3.8) is 0 Å². The molecule has 1 fully saturated rings. The van der Waals surface area contributed by atoms with E-state index in [1.807, 2.05) is 74.5 Å². The van der Waals surface area contributed by atoms with E-state index in [1.54, 1.807) is 0 Å². The summed E-state index contributed by atoms with van der Waals surface area (Å²) in [7, 11) is -3.55. The number of aliphatic hydroxyl groups excluding tert-OH is 1. The van der Waals surface area contributed by atoms with Gasteiger partial charge in [-0.05, 0) is 42.7 Å². The van der Waals surface area contributed by atoms with Crippen molar-refractivity contribution in [3.8, 4) is 0 Å². The summed E-state index contributed by atoms with van der Waals surface area (Å²) in [6.07, 6.45) is 1.64. The van der Waals surface area contributed by atoms with Crippen LogP contribution in [0.3, 0.4) is 0 Å². The molecule has 2 aromatic carbocycles. The van der Waals surface area contributed by atoms with Crippen LogP contribution in [-0.4, -0.2) is 67.4 Å². The molecular formula is C29H41N3O6S. The molecule has 4 unspecified atom stereocenters. The van der Waals surface area contributed by atoms with Crippen LogP contribution >= 0.6 is 0 Å². The van der Waals surface area contributed by atoms with E-state index in [1.165, 1.54) is 4.31 Å². The van der Waals surface area contributed by atoms with Crippen LogP contribution in [0.4, 0.5) is 4.79 Å². The molecule has 0 bridgehead atoms. The van der Waals surface area contributed by atoms with Crippen molar-refractivity contribution in [1.82, 2.24) is 14.9 Å². The maximum absolute atomic E-state index is 13.3. The molecule has 0 radical (unpaired) electrons. The fraction of sp³-hybridized carbons (Fsp3) is 0.517. The third-order valence-corrected chi connectivity index (χ3v) is 8.30. The number of hydrogen-bond acceptors (Lipinski definition) is 6. The number of amides is 2.